The van der Waals surface area contributed by atoms with E-state index in [1.807, 2.05) is 0 Å². The fraction of sp³-hybridized carbons (Fsp3) is 0.438. The van der Waals surface area contributed by atoms with Crippen molar-refractivity contribution in [1.82, 2.24) is 20.5 Å². The van der Waals surface area contributed by atoms with Crippen molar-refractivity contribution >= 4 is 6.03 Å². The van der Waals surface area contributed by atoms with Gasteiger partial charge in [0.2, 0.25) is 5.82 Å². The Kier molecular flexibility index (Phi) is 5.12. The molecule has 1 aliphatic carbocycles. The van der Waals surface area contributed by atoms with Crippen molar-refractivity contribution in [2.24, 2.45) is 0 Å². The van der Waals surface area contributed by atoms with Crippen LogP contribution >= 0.6 is 0 Å². The topological polar surface area (TPSA) is 80.5 Å². The molecule has 0 bridgehead atoms. The van der Waals surface area contributed by atoms with Gasteiger partial charge in [0.15, 0.2) is 0 Å². The van der Waals surface area contributed by atoms with Gasteiger partial charge in [0.25, 0.3) is 0 Å². The van der Waals surface area contributed by atoms with E-state index in [4.69, 9.17) is 4.84 Å². The standard InChI is InChI=1S/C16H17F3N4O3/c1-25-23(15(24)20-12-3-2-4-12)9-10-5-7-11(8-6-10)13-21-14(26-22-13)16(17,18)19/h5-8,12H,2-4,9H2,1H3,(H,20,24). The molecule has 1 aromatic heterocycles. The predicted molar refractivity (Wildman–Crippen MR) is 83.5 cm³/mol. The summed E-state index contributed by atoms with van der Waals surface area (Å²) in [4.78, 5) is 20.5. The molecule has 3 rings (SSSR count). The lowest BCUT2D eigenvalue weighted by Gasteiger charge is -2.29. The lowest BCUT2D eigenvalue weighted by molar-refractivity contribution is -0.159. The molecule has 26 heavy (non-hydrogen) atoms. The van der Waals surface area contributed by atoms with Gasteiger partial charge in [-0.1, -0.05) is 29.4 Å². The number of carbonyl (C=O) groups is 1. The second-order valence-electron chi connectivity index (χ2n) is 5.91. The summed E-state index contributed by atoms with van der Waals surface area (Å²) in [6, 6.07) is 6.28. The molecule has 10 heteroatoms. The Morgan fingerprint density at radius 2 is 2.04 bits per heavy atom. The SMILES string of the molecule is CON(Cc1ccc(-c2noc(C(F)(F)F)n2)cc1)C(=O)NC1CCC1. The molecule has 1 heterocycles. The summed E-state index contributed by atoms with van der Waals surface area (Å²) in [6.07, 6.45) is -1.66. The van der Waals surface area contributed by atoms with Crippen LogP contribution in [-0.2, 0) is 17.6 Å². The van der Waals surface area contributed by atoms with Crippen LogP contribution in [0.15, 0.2) is 28.8 Å². The van der Waals surface area contributed by atoms with Gasteiger partial charge >= 0.3 is 18.1 Å². The molecule has 0 saturated heterocycles. The molecule has 0 radical (unpaired) electrons. The van der Waals surface area contributed by atoms with Gasteiger partial charge in [0, 0.05) is 11.6 Å². The van der Waals surface area contributed by atoms with E-state index in [1.165, 1.54) is 12.2 Å². The van der Waals surface area contributed by atoms with Crippen LogP contribution in [0.4, 0.5) is 18.0 Å². The minimum absolute atomic E-state index is 0.157. The Morgan fingerprint density at radius 3 is 2.54 bits per heavy atom. The van der Waals surface area contributed by atoms with E-state index in [-0.39, 0.29) is 24.4 Å². The van der Waals surface area contributed by atoms with Gasteiger partial charge < -0.3 is 9.84 Å². The number of amides is 2. The van der Waals surface area contributed by atoms with Crippen LogP contribution in [0.25, 0.3) is 11.4 Å². The van der Waals surface area contributed by atoms with E-state index in [0.29, 0.717) is 5.56 Å². The minimum Gasteiger partial charge on any atom is -0.333 e. The molecule has 2 amide bonds. The summed E-state index contributed by atoms with van der Waals surface area (Å²) in [5.41, 5.74) is 1.11. The van der Waals surface area contributed by atoms with Gasteiger partial charge in [-0.05, 0) is 24.8 Å². The average molecular weight is 370 g/mol. The molecule has 1 fully saturated rings. The number of alkyl halides is 3. The zero-order valence-electron chi connectivity index (χ0n) is 13.9. The lowest BCUT2D eigenvalue weighted by Crippen LogP contribution is -2.46. The number of benzene rings is 1. The average Bonchev–Trinajstić information content (AvgIpc) is 3.06. The van der Waals surface area contributed by atoms with Crippen molar-refractivity contribution in [3.8, 4) is 11.4 Å². The van der Waals surface area contributed by atoms with Crippen molar-refractivity contribution < 1.29 is 27.3 Å². The van der Waals surface area contributed by atoms with E-state index in [2.05, 4.69) is 20.0 Å². The summed E-state index contributed by atoms with van der Waals surface area (Å²) in [5, 5.41) is 7.38. The highest BCUT2D eigenvalue weighted by Gasteiger charge is 2.38. The van der Waals surface area contributed by atoms with E-state index in [0.717, 1.165) is 24.8 Å². The number of nitrogens with one attached hydrogen (secondary N) is 1. The number of rotatable bonds is 5. The van der Waals surface area contributed by atoms with Gasteiger partial charge in [-0.25, -0.2) is 4.79 Å². The highest BCUT2D eigenvalue weighted by molar-refractivity contribution is 5.73. The number of hydrogen-bond acceptors (Lipinski definition) is 5. The predicted octanol–water partition coefficient (Wildman–Crippen LogP) is 3.38. The highest BCUT2D eigenvalue weighted by atomic mass is 19.4. The van der Waals surface area contributed by atoms with E-state index in [9.17, 15) is 18.0 Å². The van der Waals surface area contributed by atoms with Crippen LogP contribution in [0.2, 0.25) is 0 Å². The molecule has 1 saturated carbocycles. The maximum absolute atomic E-state index is 12.5. The van der Waals surface area contributed by atoms with Crippen molar-refractivity contribution in [3.05, 3.63) is 35.7 Å². The van der Waals surface area contributed by atoms with Crippen molar-refractivity contribution in [2.75, 3.05) is 7.11 Å². The molecule has 1 aliphatic rings. The molecule has 0 spiro atoms. The monoisotopic (exact) mass is 370 g/mol. The molecule has 0 aliphatic heterocycles. The normalized spacial score (nSPS) is 14.8. The quantitative estimate of drug-likeness (QED) is 0.816. The molecule has 0 atom stereocenters. The summed E-state index contributed by atoms with van der Waals surface area (Å²) < 4.78 is 41.7. The largest absolute Gasteiger partial charge is 0.471 e. The van der Waals surface area contributed by atoms with E-state index >= 15 is 0 Å². The van der Waals surface area contributed by atoms with Crippen molar-refractivity contribution in [2.45, 2.75) is 38.0 Å². The third-order valence-electron chi connectivity index (χ3n) is 4.09. The fourth-order valence-corrected chi connectivity index (χ4v) is 2.40. The van der Waals surface area contributed by atoms with E-state index in [1.54, 1.807) is 24.3 Å². The third kappa shape index (κ3) is 4.13. The van der Waals surface area contributed by atoms with Crippen LogP contribution in [0, 0.1) is 0 Å². The first-order chi connectivity index (χ1) is 12.4. The maximum Gasteiger partial charge on any atom is 0.471 e. The summed E-state index contributed by atoms with van der Waals surface area (Å²) in [5.74, 6) is -1.55. The van der Waals surface area contributed by atoms with Gasteiger partial charge in [-0.15, -0.1) is 0 Å². The Balaban J connectivity index is 1.64. The second-order valence-corrected chi connectivity index (χ2v) is 5.91. The molecule has 1 aromatic carbocycles. The van der Waals surface area contributed by atoms with Gasteiger partial charge in [0.1, 0.15) is 0 Å². The third-order valence-corrected chi connectivity index (χ3v) is 4.09. The van der Waals surface area contributed by atoms with Gasteiger partial charge in [-0.2, -0.15) is 23.2 Å². The van der Waals surface area contributed by atoms with Gasteiger partial charge in [-0.3, -0.25) is 4.84 Å². The molecule has 140 valence electrons. The molecule has 2 aromatic rings. The summed E-state index contributed by atoms with van der Waals surface area (Å²) in [7, 11) is 1.40. The number of nitrogens with zero attached hydrogens (tertiary/aromatic N) is 3. The summed E-state index contributed by atoms with van der Waals surface area (Å²) >= 11 is 0. The van der Waals surface area contributed by atoms with E-state index < -0.39 is 12.1 Å². The van der Waals surface area contributed by atoms with Crippen LogP contribution < -0.4 is 5.32 Å². The van der Waals surface area contributed by atoms with Crippen molar-refractivity contribution in [1.29, 1.82) is 0 Å². The van der Waals surface area contributed by atoms with Crippen molar-refractivity contribution in [3.63, 3.8) is 0 Å². The second kappa shape index (κ2) is 7.32. The number of hydrogen-bond donors (Lipinski definition) is 1. The molecule has 0 unspecified atom stereocenters. The van der Waals surface area contributed by atoms with Crippen LogP contribution in [0.5, 0.6) is 0 Å². The fourth-order valence-electron chi connectivity index (χ4n) is 2.40. The molecular formula is C16H17F3N4O3. The lowest BCUT2D eigenvalue weighted by atomic mass is 9.93. The summed E-state index contributed by atoms with van der Waals surface area (Å²) in [6.45, 7) is 0.190. The Labute approximate surface area is 147 Å². The number of carbonyl (C=O) groups excluding carboxylic acids is 1. The first-order valence-electron chi connectivity index (χ1n) is 7.99. The molecule has 1 N–H and O–H groups in total. The smallest absolute Gasteiger partial charge is 0.333 e. The zero-order chi connectivity index (χ0) is 18.7. The minimum atomic E-state index is -4.68. The highest BCUT2D eigenvalue weighted by Crippen LogP contribution is 2.29. The van der Waals surface area contributed by atoms with Crippen LogP contribution in [0.3, 0.4) is 0 Å². The Hall–Kier alpha value is -2.62. The number of aromatic nitrogens is 2. The maximum atomic E-state index is 12.5. The van der Waals surface area contributed by atoms with Crippen LogP contribution in [0.1, 0.15) is 30.7 Å². The zero-order valence-corrected chi connectivity index (χ0v) is 13.9. The first-order valence-corrected chi connectivity index (χ1v) is 7.99. The molecular weight excluding hydrogens is 353 g/mol. The number of hydroxylamine groups is 2. The van der Waals surface area contributed by atoms with Crippen LogP contribution in [-0.4, -0.2) is 34.4 Å². The number of urea groups is 1. The van der Waals surface area contributed by atoms with Gasteiger partial charge in [0.05, 0.1) is 13.7 Å². The first kappa shape index (κ1) is 18.2. The Morgan fingerprint density at radius 1 is 1.35 bits per heavy atom. The Bertz CT molecular complexity index is 757. The number of halogens is 3. The molecule has 7 nitrogen and oxygen atoms in total.